The molecule has 2 amide bonds. The number of benzene rings is 1. The maximum atomic E-state index is 12.6. The van der Waals surface area contributed by atoms with Gasteiger partial charge in [-0.15, -0.1) is 0 Å². The van der Waals surface area contributed by atoms with E-state index in [1.807, 2.05) is 17.0 Å². The van der Waals surface area contributed by atoms with Crippen molar-refractivity contribution in [1.82, 2.24) is 19.8 Å². The maximum Gasteiger partial charge on any atom is 0.248 e. The van der Waals surface area contributed by atoms with Gasteiger partial charge in [-0.1, -0.05) is 26.0 Å². The van der Waals surface area contributed by atoms with Crippen molar-refractivity contribution in [2.45, 2.75) is 52.1 Å². The summed E-state index contributed by atoms with van der Waals surface area (Å²) in [7, 11) is 2.11. The highest BCUT2D eigenvalue weighted by Gasteiger charge is 2.28. The lowest BCUT2D eigenvalue weighted by Crippen LogP contribution is -2.47. The van der Waals surface area contributed by atoms with Crippen LogP contribution in [0.3, 0.4) is 0 Å². The second-order valence-electron chi connectivity index (χ2n) is 8.32. The van der Waals surface area contributed by atoms with Crippen LogP contribution in [0.4, 0.5) is 0 Å². The molecule has 0 saturated carbocycles. The molecule has 1 aromatic heterocycles. The molecule has 0 radical (unpaired) electrons. The minimum atomic E-state index is -0.443. The number of primary amides is 1. The van der Waals surface area contributed by atoms with Gasteiger partial charge < -0.3 is 10.6 Å². The number of likely N-dealkylation sites (tertiary alicyclic amines) is 1. The zero-order valence-corrected chi connectivity index (χ0v) is 18.8. The van der Waals surface area contributed by atoms with Gasteiger partial charge in [-0.3, -0.25) is 24.5 Å². The summed E-state index contributed by atoms with van der Waals surface area (Å²) >= 11 is 0. The van der Waals surface area contributed by atoms with Crippen LogP contribution in [0.15, 0.2) is 36.7 Å². The number of nitrogens with zero attached hydrogens (tertiary/aromatic N) is 4. The molecule has 2 heterocycles. The van der Waals surface area contributed by atoms with Crippen molar-refractivity contribution >= 4 is 11.8 Å². The molecule has 0 atom stereocenters. The normalized spacial score (nSPS) is 14.9. The highest BCUT2D eigenvalue weighted by molar-refractivity contribution is 5.93. The Labute approximate surface area is 184 Å². The first-order chi connectivity index (χ1) is 14.9. The van der Waals surface area contributed by atoms with Gasteiger partial charge in [0.2, 0.25) is 11.8 Å². The van der Waals surface area contributed by atoms with Crippen molar-refractivity contribution in [2.75, 3.05) is 20.1 Å². The molecule has 2 N–H and O–H groups in total. The highest BCUT2D eigenvalue weighted by Crippen LogP contribution is 2.21. The van der Waals surface area contributed by atoms with E-state index in [4.69, 9.17) is 5.73 Å². The van der Waals surface area contributed by atoms with Gasteiger partial charge in [0.15, 0.2) is 0 Å². The number of piperidine rings is 1. The predicted octanol–water partition coefficient (Wildman–Crippen LogP) is 3.10. The molecular formula is C24H33N5O2. The number of nitrogens with two attached hydrogens (primary N) is 1. The molecule has 1 aliphatic heterocycles. The summed E-state index contributed by atoms with van der Waals surface area (Å²) in [4.78, 5) is 37.3. The van der Waals surface area contributed by atoms with E-state index in [2.05, 4.69) is 35.8 Å². The Morgan fingerprint density at radius 1 is 1.10 bits per heavy atom. The number of amides is 2. The molecule has 7 heteroatoms. The molecule has 0 unspecified atom stereocenters. The number of carbonyl (C=O) groups excluding carboxylic acids is 2. The molecule has 0 aliphatic carbocycles. The molecule has 7 nitrogen and oxygen atoms in total. The Hall–Kier alpha value is -2.80. The van der Waals surface area contributed by atoms with Crippen LogP contribution in [0, 0.1) is 5.92 Å². The molecule has 0 spiro atoms. The number of aromatic nitrogens is 2. The summed E-state index contributed by atoms with van der Waals surface area (Å²) in [5.41, 5.74) is 8.33. The first-order valence-electron chi connectivity index (χ1n) is 11.1. The van der Waals surface area contributed by atoms with E-state index in [0.717, 1.165) is 62.3 Å². The topological polar surface area (TPSA) is 92.4 Å². The summed E-state index contributed by atoms with van der Waals surface area (Å²) in [5, 5.41) is 0. The van der Waals surface area contributed by atoms with Crippen molar-refractivity contribution < 1.29 is 9.59 Å². The quantitative estimate of drug-likeness (QED) is 0.704. The van der Waals surface area contributed by atoms with Crippen molar-refractivity contribution in [2.24, 2.45) is 11.7 Å². The van der Waals surface area contributed by atoms with E-state index in [9.17, 15) is 9.59 Å². The van der Waals surface area contributed by atoms with E-state index in [-0.39, 0.29) is 5.92 Å². The van der Waals surface area contributed by atoms with Gasteiger partial charge >= 0.3 is 0 Å². The van der Waals surface area contributed by atoms with Crippen molar-refractivity contribution in [3.63, 3.8) is 0 Å². The number of carbonyl (C=O) groups is 2. The molecule has 1 aliphatic rings. The van der Waals surface area contributed by atoms with E-state index < -0.39 is 5.91 Å². The Bertz CT molecular complexity index is 870. The van der Waals surface area contributed by atoms with Gasteiger partial charge in [0.05, 0.1) is 23.8 Å². The maximum absolute atomic E-state index is 12.6. The van der Waals surface area contributed by atoms with Crippen molar-refractivity contribution in [3.8, 4) is 11.3 Å². The minimum absolute atomic E-state index is 0.162. The molecule has 1 aromatic carbocycles. The molecule has 3 rings (SSSR count). The van der Waals surface area contributed by atoms with Crippen molar-refractivity contribution in [3.05, 3.63) is 47.9 Å². The Morgan fingerprint density at radius 3 is 2.26 bits per heavy atom. The van der Waals surface area contributed by atoms with E-state index in [1.165, 1.54) is 0 Å². The number of rotatable bonds is 8. The van der Waals surface area contributed by atoms with Crippen LogP contribution >= 0.6 is 0 Å². The molecule has 1 saturated heterocycles. The monoisotopic (exact) mass is 423 g/mol. The summed E-state index contributed by atoms with van der Waals surface area (Å²) in [6.45, 7) is 6.57. The van der Waals surface area contributed by atoms with Crippen LogP contribution in [0.25, 0.3) is 11.3 Å². The molecule has 31 heavy (non-hydrogen) atoms. The third-order valence-corrected chi connectivity index (χ3v) is 6.32. The number of hydrogen-bond acceptors (Lipinski definition) is 5. The predicted molar refractivity (Wildman–Crippen MR) is 121 cm³/mol. The van der Waals surface area contributed by atoms with Crippen LogP contribution in [0.5, 0.6) is 0 Å². The average molecular weight is 424 g/mol. The molecule has 166 valence electrons. The fourth-order valence-corrected chi connectivity index (χ4v) is 4.20. The lowest BCUT2D eigenvalue weighted by atomic mass is 9.98. The van der Waals surface area contributed by atoms with Crippen LogP contribution in [-0.4, -0.2) is 57.8 Å². The third-order valence-electron chi connectivity index (χ3n) is 6.32. The fraction of sp³-hybridized carbons (Fsp3) is 0.500. The Kier molecular flexibility index (Phi) is 7.74. The first kappa shape index (κ1) is 22.9. The summed E-state index contributed by atoms with van der Waals surface area (Å²) in [6.07, 6.45) is 7.37. The first-order valence-corrected chi connectivity index (χ1v) is 11.1. The summed E-state index contributed by atoms with van der Waals surface area (Å²) in [5.74, 6) is 0.0354. The fourth-order valence-electron chi connectivity index (χ4n) is 4.20. The standard InChI is InChI=1S/C24H33N5O2/c1-4-17(5-2)24(31)29-12-10-21(11-13-29)28(3)16-20-14-27-22(15-26-20)18-6-8-19(9-7-18)23(25)30/h6-9,14-15,17,21H,4-5,10-13,16H2,1-3H3,(H2,25,30). The van der Waals surface area contributed by atoms with Crippen LogP contribution < -0.4 is 5.73 Å². The average Bonchev–Trinajstić information content (AvgIpc) is 2.80. The highest BCUT2D eigenvalue weighted by atomic mass is 16.2. The zero-order chi connectivity index (χ0) is 22.4. The molecule has 0 bridgehead atoms. The van der Waals surface area contributed by atoms with Crippen LogP contribution in [-0.2, 0) is 11.3 Å². The van der Waals surface area contributed by atoms with Gasteiger partial charge in [0.1, 0.15) is 0 Å². The van der Waals surface area contributed by atoms with Crippen LogP contribution in [0.1, 0.15) is 55.6 Å². The lowest BCUT2D eigenvalue weighted by molar-refractivity contribution is -0.137. The number of hydrogen-bond donors (Lipinski definition) is 1. The zero-order valence-electron chi connectivity index (χ0n) is 18.8. The van der Waals surface area contributed by atoms with Gasteiger partial charge in [-0.2, -0.15) is 0 Å². The van der Waals surface area contributed by atoms with E-state index in [1.54, 1.807) is 24.5 Å². The van der Waals surface area contributed by atoms with Gasteiger partial charge in [-0.05, 0) is 44.9 Å². The lowest BCUT2D eigenvalue weighted by Gasteiger charge is -2.37. The Morgan fingerprint density at radius 2 is 1.74 bits per heavy atom. The van der Waals surface area contributed by atoms with Crippen molar-refractivity contribution in [1.29, 1.82) is 0 Å². The second-order valence-corrected chi connectivity index (χ2v) is 8.32. The van der Waals surface area contributed by atoms with Gasteiger partial charge in [0.25, 0.3) is 0 Å². The van der Waals surface area contributed by atoms with Crippen LogP contribution in [0.2, 0.25) is 0 Å². The second kappa shape index (κ2) is 10.5. The minimum Gasteiger partial charge on any atom is -0.366 e. The SMILES string of the molecule is CCC(CC)C(=O)N1CCC(N(C)Cc2cnc(-c3ccc(C(N)=O)cc3)cn2)CC1. The van der Waals surface area contributed by atoms with E-state index >= 15 is 0 Å². The molecular weight excluding hydrogens is 390 g/mol. The Balaban J connectivity index is 1.53. The summed E-state index contributed by atoms with van der Waals surface area (Å²) < 4.78 is 0. The smallest absolute Gasteiger partial charge is 0.248 e. The van der Waals surface area contributed by atoms with Gasteiger partial charge in [-0.25, -0.2) is 0 Å². The van der Waals surface area contributed by atoms with E-state index in [0.29, 0.717) is 17.5 Å². The third kappa shape index (κ3) is 5.67. The summed E-state index contributed by atoms with van der Waals surface area (Å²) in [6, 6.07) is 7.48. The molecule has 2 aromatic rings. The molecule has 1 fully saturated rings. The largest absolute Gasteiger partial charge is 0.366 e. The van der Waals surface area contributed by atoms with Gasteiger partial charge in [0, 0.05) is 42.7 Å².